The minimum atomic E-state index is -1.16. The van der Waals surface area contributed by atoms with E-state index in [9.17, 15) is 18.0 Å². The first-order chi connectivity index (χ1) is 13.4. The number of carbonyl (C=O) groups excluding carboxylic acids is 1. The van der Waals surface area contributed by atoms with Gasteiger partial charge < -0.3 is 19.2 Å². The van der Waals surface area contributed by atoms with E-state index >= 15 is 0 Å². The second-order valence-electron chi connectivity index (χ2n) is 7.31. The standard InChI is InChI=1S/C19H20F3N3O2S/c1-24-14(7-16(26)23-11-4-5-27-9-11)15-6-10(8-25(15)19(24)28)17-12(20)2-3-13(21)18(17)22/h2-3,10-11H,4-9H2,1H3,(H,23,26). The molecule has 2 unspecified atom stereocenters. The number of halogens is 3. The van der Waals surface area contributed by atoms with Crippen molar-refractivity contribution in [2.45, 2.75) is 37.8 Å². The summed E-state index contributed by atoms with van der Waals surface area (Å²) in [5, 5.41) is 2.93. The molecule has 0 bridgehead atoms. The molecule has 28 heavy (non-hydrogen) atoms. The van der Waals surface area contributed by atoms with Crippen LogP contribution in [0.15, 0.2) is 12.1 Å². The fourth-order valence-corrected chi connectivity index (χ4v) is 4.40. The van der Waals surface area contributed by atoms with Crippen LogP contribution in [0.25, 0.3) is 0 Å². The molecule has 0 aliphatic carbocycles. The highest BCUT2D eigenvalue weighted by Crippen LogP contribution is 2.36. The van der Waals surface area contributed by atoms with Gasteiger partial charge in [0.05, 0.1) is 19.1 Å². The molecule has 4 rings (SSSR count). The maximum Gasteiger partial charge on any atom is 0.226 e. The van der Waals surface area contributed by atoms with Crippen molar-refractivity contribution < 1.29 is 22.7 Å². The van der Waals surface area contributed by atoms with Gasteiger partial charge in [0.2, 0.25) is 5.91 Å². The van der Waals surface area contributed by atoms with Crippen molar-refractivity contribution in [3.05, 3.63) is 51.3 Å². The summed E-state index contributed by atoms with van der Waals surface area (Å²) < 4.78 is 51.3. The predicted molar refractivity (Wildman–Crippen MR) is 98.1 cm³/mol. The maximum absolute atomic E-state index is 14.2. The quantitative estimate of drug-likeness (QED) is 0.622. The van der Waals surface area contributed by atoms with Crippen molar-refractivity contribution in [1.29, 1.82) is 0 Å². The average Bonchev–Trinajstić information content (AvgIpc) is 3.35. The number of aromatic nitrogens is 2. The lowest BCUT2D eigenvalue weighted by atomic mass is 9.95. The van der Waals surface area contributed by atoms with Crippen molar-refractivity contribution in [1.82, 2.24) is 14.5 Å². The fourth-order valence-electron chi connectivity index (χ4n) is 4.11. The molecular weight excluding hydrogens is 391 g/mol. The summed E-state index contributed by atoms with van der Waals surface area (Å²) in [6.45, 7) is 1.37. The topological polar surface area (TPSA) is 48.2 Å². The van der Waals surface area contributed by atoms with E-state index in [4.69, 9.17) is 17.0 Å². The highest BCUT2D eigenvalue weighted by atomic mass is 32.1. The van der Waals surface area contributed by atoms with Gasteiger partial charge in [0, 0.05) is 43.1 Å². The first-order valence-corrected chi connectivity index (χ1v) is 9.55. The van der Waals surface area contributed by atoms with Gasteiger partial charge in [-0.1, -0.05) is 0 Å². The van der Waals surface area contributed by atoms with Gasteiger partial charge in [0.1, 0.15) is 5.82 Å². The van der Waals surface area contributed by atoms with Crippen LogP contribution < -0.4 is 5.32 Å². The lowest BCUT2D eigenvalue weighted by molar-refractivity contribution is -0.121. The van der Waals surface area contributed by atoms with Crippen LogP contribution in [0, 0.1) is 22.2 Å². The number of nitrogens with one attached hydrogen (secondary N) is 1. The maximum atomic E-state index is 14.2. The molecule has 1 N–H and O–H groups in total. The Morgan fingerprint density at radius 1 is 1.32 bits per heavy atom. The number of hydrogen-bond donors (Lipinski definition) is 1. The monoisotopic (exact) mass is 411 g/mol. The van der Waals surface area contributed by atoms with E-state index < -0.39 is 23.4 Å². The molecule has 2 aliphatic rings. The molecular formula is C19H20F3N3O2S. The van der Waals surface area contributed by atoms with E-state index in [1.807, 2.05) is 0 Å². The Balaban J connectivity index is 1.60. The van der Waals surface area contributed by atoms with Gasteiger partial charge in [-0.25, -0.2) is 13.2 Å². The summed E-state index contributed by atoms with van der Waals surface area (Å²) in [5.74, 6) is -3.73. The summed E-state index contributed by atoms with van der Waals surface area (Å²) in [7, 11) is 1.77. The molecule has 0 saturated carbocycles. The summed E-state index contributed by atoms with van der Waals surface area (Å²) in [6.07, 6.45) is 1.18. The van der Waals surface area contributed by atoms with Gasteiger partial charge in [-0.2, -0.15) is 0 Å². The van der Waals surface area contributed by atoms with E-state index in [0.29, 0.717) is 23.7 Å². The Labute approximate surface area is 165 Å². The van der Waals surface area contributed by atoms with Crippen molar-refractivity contribution in [3.8, 4) is 0 Å². The zero-order valence-electron chi connectivity index (χ0n) is 15.3. The minimum absolute atomic E-state index is 0.000300. The first kappa shape index (κ1) is 19.2. The van der Waals surface area contributed by atoms with Crippen LogP contribution in [-0.2, 0) is 36.0 Å². The van der Waals surface area contributed by atoms with E-state index in [0.717, 1.165) is 24.2 Å². The molecule has 2 atom stereocenters. The molecule has 2 aromatic rings. The van der Waals surface area contributed by atoms with E-state index in [1.54, 1.807) is 16.2 Å². The fraction of sp³-hybridized carbons (Fsp3) is 0.474. The Kier molecular flexibility index (Phi) is 5.05. The number of fused-ring (bicyclic) bond motifs is 1. The summed E-state index contributed by atoms with van der Waals surface area (Å²) in [5.41, 5.74) is 1.21. The molecule has 1 aromatic carbocycles. The highest BCUT2D eigenvalue weighted by molar-refractivity contribution is 7.71. The molecule has 3 heterocycles. The summed E-state index contributed by atoms with van der Waals surface area (Å²) in [6, 6.07) is 1.72. The zero-order chi connectivity index (χ0) is 20.0. The van der Waals surface area contributed by atoms with Crippen LogP contribution in [-0.4, -0.2) is 34.3 Å². The third kappa shape index (κ3) is 3.26. The molecule has 1 amide bonds. The molecule has 150 valence electrons. The Hall–Kier alpha value is -2.13. The lowest BCUT2D eigenvalue weighted by Crippen LogP contribution is -2.36. The molecule has 1 aromatic heterocycles. The first-order valence-electron chi connectivity index (χ1n) is 9.14. The molecule has 0 spiro atoms. The van der Waals surface area contributed by atoms with Crippen LogP contribution in [0.2, 0.25) is 0 Å². The molecule has 2 aliphatic heterocycles. The normalized spacial score (nSPS) is 21.1. The van der Waals surface area contributed by atoms with E-state index in [-0.39, 0.29) is 36.9 Å². The Morgan fingerprint density at radius 3 is 2.79 bits per heavy atom. The highest BCUT2D eigenvalue weighted by Gasteiger charge is 2.33. The van der Waals surface area contributed by atoms with Gasteiger partial charge >= 0.3 is 0 Å². The summed E-state index contributed by atoms with van der Waals surface area (Å²) >= 11 is 5.44. The number of nitrogens with zero attached hydrogens (tertiary/aromatic N) is 2. The van der Waals surface area contributed by atoms with E-state index in [2.05, 4.69) is 5.32 Å². The predicted octanol–water partition coefficient (Wildman–Crippen LogP) is 2.76. The number of carbonyl (C=O) groups is 1. The molecule has 0 radical (unpaired) electrons. The number of hydrogen-bond acceptors (Lipinski definition) is 3. The third-order valence-corrected chi connectivity index (χ3v) is 6.03. The summed E-state index contributed by atoms with van der Waals surface area (Å²) in [4.78, 5) is 12.4. The molecule has 1 fully saturated rings. The largest absolute Gasteiger partial charge is 0.379 e. The number of benzene rings is 1. The minimum Gasteiger partial charge on any atom is -0.379 e. The Bertz CT molecular complexity index is 995. The van der Waals surface area contributed by atoms with Crippen molar-refractivity contribution in [2.75, 3.05) is 13.2 Å². The average molecular weight is 411 g/mol. The van der Waals surface area contributed by atoms with Crippen LogP contribution in [0.1, 0.15) is 29.3 Å². The van der Waals surface area contributed by atoms with Gasteiger partial charge in [-0.3, -0.25) is 4.79 Å². The smallest absolute Gasteiger partial charge is 0.226 e. The molecule has 9 heteroatoms. The van der Waals surface area contributed by atoms with Crippen LogP contribution in [0.4, 0.5) is 13.2 Å². The number of rotatable bonds is 4. The van der Waals surface area contributed by atoms with Gasteiger partial charge in [-0.15, -0.1) is 0 Å². The number of imidazole rings is 1. The number of ether oxygens (including phenoxy) is 1. The van der Waals surface area contributed by atoms with E-state index in [1.165, 1.54) is 0 Å². The molecule has 1 saturated heterocycles. The van der Waals surface area contributed by atoms with Gasteiger partial charge in [-0.05, 0) is 37.2 Å². The second-order valence-corrected chi connectivity index (χ2v) is 7.67. The van der Waals surface area contributed by atoms with Gasteiger partial charge in [0.15, 0.2) is 16.4 Å². The van der Waals surface area contributed by atoms with Crippen molar-refractivity contribution in [2.24, 2.45) is 7.05 Å². The Morgan fingerprint density at radius 2 is 2.07 bits per heavy atom. The number of amides is 1. The molecule has 5 nitrogen and oxygen atoms in total. The van der Waals surface area contributed by atoms with Crippen LogP contribution in [0.3, 0.4) is 0 Å². The zero-order valence-corrected chi connectivity index (χ0v) is 16.1. The van der Waals surface area contributed by atoms with Crippen LogP contribution >= 0.6 is 12.2 Å². The van der Waals surface area contributed by atoms with Crippen molar-refractivity contribution in [3.63, 3.8) is 0 Å². The van der Waals surface area contributed by atoms with Gasteiger partial charge in [0.25, 0.3) is 0 Å². The SMILES string of the molecule is Cn1c(CC(=O)NC2CCOC2)c2n(c1=S)CC(c1c(F)ccc(F)c1F)C2. The third-order valence-electron chi connectivity index (χ3n) is 5.53. The van der Waals surface area contributed by atoms with Crippen molar-refractivity contribution >= 4 is 18.1 Å². The second kappa shape index (κ2) is 7.36. The van der Waals surface area contributed by atoms with Crippen LogP contribution in [0.5, 0.6) is 0 Å². The lowest BCUT2D eigenvalue weighted by Gasteiger charge is -2.14.